The van der Waals surface area contributed by atoms with E-state index >= 15 is 0 Å². The summed E-state index contributed by atoms with van der Waals surface area (Å²) in [7, 11) is -3.72. The van der Waals surface area contributed by atoms with Gasteiger partial charge in [-0.05, 0) is 30.5 Å². The first kappa shape index (κ1) is 14.2. The van der Waals surface area contributed by atoms with Crippen molar-refractivity contribution >= 4 is 10.0 Å². The van der Waals surface area contributed by atoms with Crippen LogP contribution in [-0.2, 0) is 16.6 Å². The maximum absolute atomic E-state index is 13.3. The van der Waals surface area contributed by atoms with Gasteiger partial charge < -0.3 is 5.73 Å². The number of sulfonamides is 1. The minimum absolute atomic E-state index is 0.00288. The second-order valence-electron chi connectivity index (χ2n) is 4.55. The van der Waals surface area contributed by atoms with Crippen molar-refractivity contribution in [2.24, 2.45) is 5.73 Å². The number of nitrogens with zero attached hydrogens (tertiary/aromatic N) is 1. The van der Waals surface area contributed by atoms with Crippen LogP contribution < -0.4 is 5.73 Å². The number of nitrogens with two attached hydrogens (primary N) is 1. The average Bonchev–Trinajstić information content (AvgIpc) is 3.20. The zero-order valence-corrected chi connectivity index (χ0v) is 11.4. The van der Waals surface area contributed by atoms with Crippen LogP contribution in [0.5, 0.6) is 0 Å². The SMILES string of the molecule is C=CCN(C1CC1)S(=O)(=O)c1cc(F)ccc1CN. The number of halogens is 1. The van der Waals surface area contributed by atoms with Gasteiger partial charge in [-0.3, -0.25) is 0 Å². The Bertz CT molecular complexity index is 582. The molecule has 0 atom stereocenters. The standard InChI is InChI=1S/C13H17FN2O2S/c1-2-7-16(12-5-6-12)19(17,18)13-8-11(14)4-3-10(13)9-15/h2-4,8,12H,1,5-7,9,15H2. The van der Waals surface area contributed by atoms with Gasteiger partial charge in [-0.1, -0.05) is 12.1 Å². The summed E-state index contributed by atoms with van der Waals surface area (Å²) in [6.45, 7) is 3.86. The van der Waals surface area contributed by atoms with E-state index in [1.807, 2.05) is 0 Å². The molecule has 0 bridgehead atoms. The highest BCUT2D eigenvalue weighted by atomic mass is 32.2. The molecule has 1 aliphatic rings. The Balaban J connectivity index is 2.47. The summed E-state index contributed by atoms with van der Waals surface area (Å²) in [5, 5.41) is 0. The van der Waals surface area contributed by atoms with E-state index in [1.165, 1.54) is 22.5 Å². The van der Waals surface area contributed by atoms with Crippen LogP contribution in [0.25, 0.3) is 0 Å². The van der Waals surface area contributed by atoms with Crippen LogP contribution in [0.2, 0.25) is 0 Å². The van der Waals surface area contributed by atoms with Crippen molar-refractivity contribution in [2.45, 2.75) is 30.3 Å². The highest BCUT2D eigenvalue weighted by molar-refractivity contribution is 7.89. The van der Waals surface area contributed by atoms with Crippen LogP contribution in [0.15, 0.2) is 35.7 Å². The van der Waals surface area contributed by atoms with Gasteiger partial charge in [-0.15, -0.1) is 6.58 Å². The van der Waals surface area contributed by atoms with Crippen molar-refractivity contribution in [3.8, 4) is 0 Å². The van der Waals surface area contributed by atoms with E-state index in [0.29, 0.717) is 5.56 Å². The quantitative estimate of drug-likeness (QED) is 0.807. The molecule has 0 aliphatic heterocycles. The molecule has 1 aromatic carbocycles. The van der Waals surface area contributed by atoms with Crippen LogP contribution in [0.1, 0.15) is 18.4 Å². The van der Waals surface area contributed by atoms with Crippen molar-refractivity contribution in [3.05, 3.63) is 42.2 Å². The van der Waals surface area contributed by atoms with Gasteiger partial charge in [-0.2, -0.15) is 4.31 Å². The van der Waals surface area contributed by atoms with Crippen LogP contribution in [0.4, 0.5) is 4.39 Å². The Labute approximate surface area is 112 Å². The predicted molar refractivity (Wildman–Crippen MR) is 71.4 cm³/mol. The van der Waals surface area contributed by atoms with Gasteiger partial charge in [0.15, 0.2) is 0 Å². The molecule has 6 heteroatoms. The fraction of sp³-hybridized carbons (Fsp3) is 0.385. The van der Waals surface area contributed by atoms with Gasteiger partial charge >= 0.3 is 0 Å². The second kappa shape index (κ2) is 5.40. The predicted octanol–water partition coefficient (Wildman–Crippen LogP) is 1.62. The van der Waals surface area contributed by atoms with E-state index in [1.54, 1.807) is 0 Å². The molecule has 1 fully saturated rings. The lowest BCUT2D eigenvalue weighted by atomic mass is 10.2. The Hall–Kier alpha value is -1.24. The molecule has 1 aliphatic carbocycles. The minimum Gasteiger partial charge on any atom is -0.326 e. The Morgan fingerprint density at radius 3 is 2.68 bits per heavy atom. The molecule has 0 unspecified atom stereocenters. The van der Waals surface area contributed by atoms with Crippen LogP contribution >= 0.6 is 0 Å². The number of rotatable bonds is 6. The zero-order chi connectivity index (χ0) is 14.0. The molecule has 0 heterocycles. The molecule has 104 valence electrons. The average molecular weight is 284 g/mol. The topological polar surface area (TPSA) is 63.4 Å². The van der Waals surface area contributed by atoms with Gasteiger partial charge in [-0.25, -0.2) is 12.8 Å². The molecular weight excluding hydrogens is 267 g/mol. The molecule has 2 N–H and O–H groups in total. The van der Waals surface area contributed by atoms with Crippen molar-refractivity contribution < 1.29 is 12.8 Å². The Morgan fingerprint density at radius 1 is 1.47 bits per heavy atom. The summed E-state index contributed by atoms with van der Waals surface area (Å²) in [6.07, 6.45) is 3.21. The summed E-state index contributed by atoms with van der Waals surface area (Å²) in [5.74, 6) is -0.579. The third-order valence-electron chi connectivity index (χ3n) is 3.10. The molecule has 19 heavy (non-hydrogen) atoms. The van der Waals surface area contributed by atoms with Crippen molar-refractivity contribution in [1.29, 1.82) is 0 Å². The van der Waals surface area contributed by atoms with Crippen LogP contribution in [0, 0.1) is 5.82 Å². The lowest BCUT2D eigenvalue weighted by Crippen LogP contribution is -2.34. The lowest BCUT2D eigenvalue weighted by molar-refractivity contribution is 0.434. The molecule has 0 radical (unpaired) electrons. The van der Waals surface area contributed by atoms with Crippen LogP contribution in [0.3, 0.4) is 0 Å². The molecule has 4 nitrogen and oxygen atoms in total. The summed E-state index contributed by atoms with van der Waals surface area (Å²) in [4.78, 5) is -0.0382. The lowest BCUT2D eigenvalue weighted by Gasteiger charge is -2.21. The first-order valence-corrected chi connectivity index (χ1v) is 7.56. The Morgan fingerprint density at radius 2 is 2.16 bits per heavy atom. The molecule has 1 saturated carbocycles. The van der Waals surface area contributed by atoms with Crippen LogP contribution in [-0.4, -0.2) is 25.3 Å². The molecule has 0 amide bonds. The number of hydrogen-bond acceptors (Lipinski definition) is 3. The minimum atomic E-state index is -3.72. The van der Waals surface area contributed by atoms with E-state index in [4.69, 9.17) is 5.73 Å². The van der Waals surface area contributed by atoms with Crippen molar-refractivity contribution in [1.82, 2.24) is 4.31 Å². The van der Waals surface area contributed by atoms with Gasteiger partial charge in [0.05, 0.1) is 4.90 Å². The molecule has 1 aromatic rings. The maximum Gasteiger partial charge on any atom is 0.244 e. The monoisotopic (exact) mass is 284 g/mol. The first-order chi connectivity index (χ1) is 9.00. The summed E-state index contributed by atoms with van der Waals surface area (Å²) in [5.41, 5.74) is 5.96. The van der Waals surface area contributed by atoms with Gasteiger partial charge in [0.25, 0.3) is 0 Å². The molecule has 0 spiro atoms. The van der Waals surface area contributed by atoms with E-state index in [0.717, 1.165) is 18.9 Å². The van der Waals surface area contributed by atoms with E-state index in [9.17, 15) is 12.8 Å². The van der Waals surface area contributed by atoms with Crippen molar-refractivity contribution in [3.63, 3.8) is 0 Å². The normalized spacial score (nSPS) is 15.7. The highest BCUT2D eigenvalue weighted by Crippen LogP contribution is 2.33. The third kappa shape index (κ3) is 2.86. The maximum atomic E-state index is 13.3. The highest BCUT2D eigenvalue weighted by Gasteiger charge is 2.38. The summed E-state index contributed by atoms with van der Waals surface area (Å²) < 4.78 is 39.9. The first-order valence-electron chi connectivity index (χ1n) is 6.12. The van der Waals surface area contributed by atoms with E-state index < -0.39 is 15.8 Å². The number of benzene rings is 1. The molecule has 0 saturated heterocycles. The fourth-order valence-electron chi connectivity index (χ4n) is 2.00. The molecule has 2 rings (SSSR count). The molecule has 0 aromatic heterocycles. The molecular formula is C13H17FN2O2S. The third-order valence-corrected chi connectivity index (χ3v) is 5.10. The van der Waals surface area contributed by atoms with E-state index in [-0.39, 0.29) is 24.0 Å². The largest absolute Gasteiger partial charge is 0.326 e. The van der Waals surface area contributed by atoms with Gasteiger partial charge in [0.1, 0.15) is 5.82 Å². The second-order valence-corrected chi connectivity index (χ2v) is 6.41. The summed E-state index contributed by atoms with van der Waals surface area (Å²) in [6, 6.07) is 3.67. The van der Waals surface area contributed by atoms with Gasteiger partial charge in [0, 0.05) is 19.1 Å². The fourth-order valence-corrected chi connectivity index (χ4v) is 3.90. The summed E-state index contributed by atoms with van der Waals surface area (Å²) >= 11 is 0. The zero-order valence-electron chi connectivity index (χ0n) is 10.5. The van der Waals surface area contributed by atoms with Crippen molar-refractivity contribution in [2.75, 3.05) is 6.54 Å². The Kier molecular flexibility index (Phi) is 4.03. The van der Waals surface area contributed by atoms with E-state index in [2.05, 4.69) is 6.58 Å². The smallest absolute Gasteiger partial charge is 0.244 e. The van der Waals surface area contributed by atoms with Gasteiger partial charge in [0.2, 0.25) is 10.0 Å². The number of hydrogen-bond donors (Lipinski definition) is 1.